The van der Waals surface area contributed by atoms with Crippen molar-refractivity contribution < 1.29 is 5.11 Å². The molecule has 0 spiro atoms. The second-order valence-electron chi connectivity index (χ2n) is 5.04. The van der Waals surface area contributed by atoms with Crippen LogP contribution in [0.5, 0.6) is 0 Å². The maximum absolute atomic E-state index is 9.95. The molecule has 0 saturated heterocycles. The second kappa shape index (κ2) is 4.00. The summed E-state index contributed by atoms with van der Waals surface area (Å²) < 4.78 is 0. The van der Waals surface area contributed by atoms with E-state index in [9.17, 15) is 5.11 Å². The van der Waals surface area contributed by atoms with Crippen LogP contribution in [-0.2, 0) is 0 Å². The molecule has 2 rings (SSSR count). The first-order valence-electron chi connectivity index (χ1n) is 6.07. The molecule has 0 aromatic rings. The van der Waals surface area contributed by atoms with Gasteiger partial charge in [0.1, 0.15) is 0 Å². The molecule has 2 heteroatoms. The maximum atomic E-state index is 9.95. The van der Waals surface area contributed by atoms with Crippen molar-refractivity contribution in [1.82, 2.24) is 5.32 Å². The van der Waals surface area contributed by atoms with Crippen LogP contribution in [0.1, 0.15) is 33.6 Å². The van der Waals surface area contributed by atoms with Crippen molar-refractivity contribution in [1.29, 1.82) is 0 Å². The highest BCUT2D eigenvalue weighted by molar-refractivity contribution is 5.35. The number of hydrogen-bond donors (Lipinski definition) is 2. The molecule has 2 N–H and O–H groups in total. The van der Waals surface area contributed by atoms with Crippen molar-refractivity contribution >= 4 is 0 Å². The molecule has 0 aromatic carbocycles. The fourth-order valence-electron chi connectivity index (χ4n) is 2.95. The van der Waals surface area contributed by atoms with Gasteiger partial charge in [0.2, 0.25) is 0 Å². The van der Waals surface area contributed by atoms with Gasteiger partial charge in [-0.15, -0.1) is 0 Å². The van der Waals surface area contributed by atoms with Crippen molar-refractivity contribution in [3.05, 3.63) is 35.3 Å². The van der Waals surface area contributed by atoms with Crippen LogP contribution < -0.4 is 5.32 Å². The highest BCUT2D eigenvalue weighted by Gasteiger charge is 2.38. The van der Waals surface area contributed by atoms with Crippen LogP contribution in [-0.4, -0.2) is 11.1 Å². The van der Waals surface area contributed by atoms with E-state index in [0.717, 1.165) is 24.1 Å². The predicted molar refractivity (Wildman–Crippen MR) is 67.0 cm³/mol. The molecule has 0 amide bonds. The Bertz CT molecular complexity index is 378. The van der Waals surface area contributed by atoms with Gasteiger partial charge in [0.25, 0.3) is 0 Å². The first-order chi connectivity index (χ1) is 7.54. The Balaban J connectivity index is 2.29. The normalized spacial score (nSPS) is 33.2. The van der Waals surface area contributed by atoms with E-state index >= 15 is 0 Å². The summed E-state index contributed by atoms with van der Waals surface area (Å²) in [5.41, 5.74) is 3.42. The van der Waals surface area contributed by atoms with Gasteiger partial charge in [0.05, 0.1) is 5.76 Å². The highest BCUT2D eigenvalue weighted by Crippen LogP contribution is 2.40. The molecule has 0 bridgehead atoms. The Morgan fingerprint density at radius 2 is 2.31 bits per heavy atom. The van der Waals surface area contributed by atoms with E-state index in [-0.39, 0.29) is 0 Å². The van der Waals surface area contributed by atoms with Gasteiger partial charge in [0, 0.05) is 24.1 Å². The minimum absolute atomic E-state index is 0.361. The second-order valence-corrected chi connectivity index (χ2v) is 5.04. The van der Waals surface area contributed by atoms with Crippen molar-refractivity contribution in [3.63, 3.8) is 0 Å². The standard InChI is InChI=1S/C14H21NO/c1-5-10-9(4)14(16)7-13-11(10)6-12(15-13)8(2)3/h6,10-11,13,15-16H,2,5,7H2,1,3-4H3. The summed E-state index contributed by atoms with van der Waals surface area (Å²) in [5.74, 6) is 1.58. The first-order valence-corrected chi connectivity index (χ1v) is 6.07. The predicted octanol–water partition coefficient (Wildman–Crippen LogP) is 3.30. The van der Waals surface area contributed by atoms with E-state index < -0.39 is 0 Å². The lowest BCUT2D eigenvalue weighted by Crippen LogP contribution is -2.37. The molecule has 1 heterocycles. The van der Waals surface area contributed by atoms with E-state index in [1.807, 2.05) is 6.92 Å². The lowest BCUT2D eigenvalue weighted by molar-refractivity contribution is 0.263. The molecular weight excluding hydrogens is 198 g/mol. The van der Waals surface area contributed by atoms with Gasteiger partial charge < -0.3 is 10.4 Å². The van der Waals surface area contributed by atoms with Crippen LogP contribution in [0.25, 0.3) is 0 Å². The summed E-state index contributed by atoms with van der Waals surface area (Å²) in [6, 6.07) is 0.361. The number of nitrogens with one attached hydrogen (secondary N) is 1. The number of aliphatic hydroxyl groups is 1. The first kappa shape index (κ1) is 11.3. The average Bonchev–Trinajstić information content (AvgIpc) is 2.63. The molecule has 1 aliphatic heterocycles. The van der Waals surface area contributed by atoms with Gasteiger partial charge >= 0.3 is 0 Å². The van der Waals surface area contributed by atoms with Crippen LogP contribution in [0, 0.1) is 11.8 Å². The summed E-state index contributed by atoms with van der Waals surface area (Å²) in [4.78, 5) is 0. The van der Waals surface area contributed by atoms with Crippen LogP contribution in [0.4, 0.5) is 0 Å². The Morgan fingerprint density at radius 3 is 2.88 bits per heavy atom. The number of allylic oxidation sites excluding steroid dienone is 2. The van der Waals surface area contributed by atoms with Gasteiger partial charge in [-0.3, -0.25) is 0 Å². The van der Waals surface area contributed by atoms with Crippen LogP contribution in [0.2, 0.25) is 0 Å². The third kappa shape index (κ3) is 1.66. The zero-order valence-electron chi connectivity index (χ0n) is 10.4. The summed E-state index contributed by atoms with van der Waals surface area (Å²) in [6.45, 7) is 10.3. The molecule has 0 saturated carbocycles. The van der Waals surface area contributed by atoms with Crippen molar-refractivity contribution in [2.24, 2.45) is 11.8 Å². The van der Waals surface area contributed by atoms with Gasteiger partial charge in [-0.25, -0.2) is 0 Å². The van der Waals surface area contributed by atoms with Crippen LogP contribution >= 0.6 is 0 Å². The van der Waals surface area contributed by atoms with Crippen LogP contribution in [0.15, 0.2) is 35.3 Å². The number of fused-ring (bicyclic) bond motifs is 1. The molecule has 3 unspecified atom stereocenters. The largest absolute Gasteiger partial charge is 0.512 e. The van der Waals surface area contributed by atoms with E-state index in [1.165, 1.54) is 5.57 Å². The molecular formula is C14H21NO. The minimum atomic E-state index is 0.361. The van der Waals surface area contributed by atoms with Gasteiger partial charge in [-0.2, -0.15) is 0 Å². The molecule has 16 heavy (non-hydrogen) atoms. The Kier molecular flexibility index (Phi) is 2.83. The van der Waals surface area contributed by atoms with E-state index in [0.29, 0.717) is 23.6 Å². The fraction of sp³-hybridized carbons (Fsp3) is 0.571. The summed E-state index contributed by atoms with van der Waals surface area (Å²) >= 11 is 0. The molecule has 2 aliphatic rings. The van der Waals surface area contributed by atoms with Crippen molar-refractivity contribution in [3.8, 4) is 0 Å². The third-order valence-electron chi connectivity index (χ3n) is 3.95. The topological polar surface area (TPSA) is 32.3 Å². The highest BCUT2D eigenvalue weighted by atomic mass is 16.3. The maximum Gasteiger partial charge on any atom is 0.0935 e. The quantitative estimate of drug-likeness (QED) is 0.747. The number of hydrogen-bond acceptors (Lipinski definition) is 2. The van der Waals surface area contributed by atoms with E-state index in [1.54, 1.807) is 0 Å². The molecule has 3 atom stereocenters. The zero-order valence-corrected chi connectivity index (χ0v) is 10.4. The smallest absolute Gasteiger partial charge is 0.0935 e. The van der Waals surface area contributed by atoms with Gasteiger partial charge in [-0.1, -0.05) is 19.6 Å². The lowest BCUT2D eigenvalue weighted by Gasteiger charge is -2.33. The third-order valence-corrected chi connectivity index (χ3v) is 3.95. The molecule has 88 valence electrons. The van der Waals surface area contributed by atoms with Crippen LogP contribution in [0.3, 0.4) is 0 Å². The zero-order chi connectivity index (χ0) is 11.9. The molecule has 1 aliphatic carbocycles. The molecule has 0 fully saturated rings. The monoisotopic (exact) mass is 219 g/mol. The summed E-state index contributed by atoms with van der Waals surface area (Å²) in [7, 11) is 0. The number of aliphatic hydroxyl groups excluding tert-OH is 1. The molecule has 2 nitrogen and oxygen atoms in total. The minimum Gasteiger partial charge on any atom is -0.512 e. The fourth-order valence-corrected chi connectivity index (χ4v) is 2.95. The van der Waals surface area contributed by atoms with Crippen molar-refractivity contribution in [2.75, 3.05) is 0 Å². The Morgan fingerprint density at radius 1 is 1.62 bits per heavy atom. The molecule has 0 aromatic heterocycles. The summed E-state index contributed by atoms with van der Waals surface area (Å²) in [5, 5.41) is 13.4. The SMILES string of the molecule is C=C(C)C1=CC2C(CC(O)=C(C)C2CC)N1. The Hall–Kier alpha value is -1.18. The lowest BCUT2D eigenvalue weighted by atomic mass is 9.75. The van der Waals surface area contributed by atoms with E-state index in [2.05, 4.69) is 31.8 Å². The average molecular weight is 219 g/mol. The number of rotatable bonds is 2. The van der Waals surface area contributed by atoms with E-state index in [4.69, 9.17) is 0 Å². The summed E-state index contributed by atoms with van der Waals surface area (Å²) in [6.07, 6.45) is 4.14. The molecule has 0 radical (unpaired) electrons. The van der Waals surface area contributed by atoms with Crippen molar-refractivity contribution in [2.45, 2.75) is 39.7 Å². The van der Waals surface area contributed by atoms with Gasteiger partial charge in [0.15, 0.2) is 0 Å². The van der Waals surface area contributed by atoms with Gasteiger partial charge in [-0.05, 0) is 37.3 Å². The Labute approximate surface area is 97.7 Å².